The summed E-state index contributed by atoms with van der Waals surface area (Å²) in [5, 5.41) is 9.44. The van der Waals surface area contributed by atoms with Gasteiger partial charge in [0.2, 0.25) is 0 Å². The van der Waals surface area contributed by atoms with Crippen LogP contribution < -0.4 is 16.8 Å². The Labute approximate surface area is 88.2 Å². The van der Waals surface area contributed by atoms with Crippen LogP contribution in [0.3, 0.4) is 0 Å². The number of nitrogens with zero attached hydrogens (tertiary/aromatic N) is 2. The van der Waals surface area contributed by atoms with Gasteiger partial charge >= 0.3 is 5.69 Å². The average Bonchev–Trinajstić information content (AvgIpc) is 2.22. The monoisotopic (exact) mass is 223 g/mol. The molecule has 0 saturated heterocycles. The third kappa shape index (κ3) is 1.18. The Morgan fingerprint density at radius 2 is 1.81 bits per heavy atom. The topological polar surface area (TPSA) is 97.1 Å². The molecule has 0 amide bonds. The number of aromatic nitrogens is 3. The third-order valence-electron chi connectivity index (χ3n) is 2.43. The number of aromatic amines is 1. The number of H-pyrrole nitrogens is 1. The van der Waals surface area contributed by atoms with Crippen LogP contribution in [-0.4, -0.2) is 19.2 Å². The van der Waals surface area contributed by atoms with Gasteiger partial charge in [-0.3, -0.25) is 18.7 Å². The minimum Gasteiger partial charge on any atom is -0.507 e. The number of aryl methyl sites for hydroxylation is 1. The summed E-state index contributed by atoms with van der Waals surface area (Å²) in [4.78, 5) is 36.7. The quantitative estimate of drug-likeness (QED) is 0.575. The summed E-state index contributed by atoms with van der Waals surface area (Å²) in [6.45, 7) is 0. The first kappa shape index (κ1) is 10.2. The first-order valence-corrected chi connectivity index (χ1v) is 4.45. The second-order valence-electron chi connectivity index (χ2n) is 3.45. The third-order valence-corrected chi connectivity index (χ3v) is 2.43. The van der Waals surface area contributed by atoms with Crippen molar-refractivity contribution < 1.29 is 5.11 Å². The van der Waals surface area contributed by atoms with Gasteiger partial charge in [-0.1, -0.05) is 0 Å². The van der Waals surface area contributed by atoms with Crippen molar-refractivity contribution in [3.8, 4) is 5.75 Å². The fourth-order valence-electron chi connectivity index (χ4n) is 1.57. The van der Waals surface area contributed by atoms with Crippen molar-refractivity contribution in [3.05, 3.63) is 37.3 Å². The van der Waals surface area contributed by atoms with Crippen LogP contribution in [0.1, 0.15) is 0 Å². The van der Waals surface area contributed by atoms with E-state index in [9.17, 15) is 19.5 Å². The van der Waals surface area contributed by atoms with Gasteiger partial charge in [0.1, 0.15) is 16.8 Å². The summed E-state index contributed by atoms with van der Waals surface area (Å²) in [5.74, 6) is -0.435. The summed E-state index contributed by atoms with van der Waals surface area (Å²) in [7, 11) is 2.70. The molecule has 2 aromatic rings. The number of nitrogens with one attached hydrogen (secondary N) is 1. The zero-order chi connectivity index (χ0) is 12.0. The first-order valence-electron chi connectivity index (χ1n) is 4.45. The van der Waals surface area contributed by atoms with Gasteiger partial charge in [-0.2, -0.15) is 0 Å². The maximum absolute atomic E-state index is 11.7. The summed E-state index contributed by atoms with van der Waals surface area (Å²) < 4.78 is 1.96. The van der Waals surface area contributed by atoms with Gasteiger partial charge in [-0.05, 0) is 0 Å². The molecule has 7 nitrogen and oxygen atoms in total. The van der Waals surface area contributed by atoms with E-state index >= 15 is 0 Å². The Balaban J connectivity index is 3.28. The van der Waals surface area contributed by atoms with Gasteiger partial charge in [0, 0.05) is 20.2 Å². The lowest BCUT2D eigenvalue weighted by molar-refractivity contribution is 0.478. The molecule has 2 rings (SSSR count). The van der Waals surface area contributed by atoms with E-state index in [0.717, 1.165) is 15.2 Å². The van der Waals surface area contributed by atoms with Crippen LogP contribution in [-0.2, 0) is 14.1 Å². The normalized spacial score (nSPS) is 10.9. The highest BCUT2D eigenvalue weighted by atomic mass is 16.3. The molecule has 0 bridgehead atoms. The first-order chi connectivity index (χ1) is 7.43. The Hall–Kier alpha value is -2.31. The lowest BCUT2D eigenvalue weighted by atomic mass is 10.3. The number of fused-ring (bicyclic) bond motifs is 1. The SMILES string of the molecule is Cn1c(=O)c2c(O)cc(=O)[nH]c2n(C)c1=O. The Morgan fingerprint density at radius 3 is 2.44 bits per heavy atom. The molecule has 0 radical (unpaired) electrons. The standard InChI is InChI=1S/C9H9N3O4/c1-11-7-6(4(13)3-5(14)10-7)8(15)12(2)9(11)16/h3H,1-2H3,(H2,10,13,14). The second-order valence-corrected chi connectivity index (χ2v) is 3.45. The maximum Gasteiger partial charge on any atom is 0.332 e. The van der Waals surface area contributed by atoms with E-state index in [1.54, 1.807) is 0 Å². The summed E-state index contributed by atoms with van der Waals surface area (Å²) in [5.41, 5.74) is -1.78. The predicted molar refractivity (Wildman–Crippen MR) is 56.7 cm³/mol. The number of hydrogen-bond donors (Lipinski definition) is 2. The number of hydrogen-bond acceptors (Lipinski definition) is 4. The van der Waals surface area contributed by atoms with Crippen LogP contribution >= 0.6 is 0 Å². The van der Waals surface area contributed by atoms with Gasteiger partial charge in [-0.25, -0.2) is 4.79 Å². The lowest BCUT2D eigenvalue weighted by Gasteiger charge is -2.07. The van der Waals surface area contributed by atoms with Crippen LogP contribution in [0.4, 0.5) is 0 Å². The van der Waals surface area contributed by atoms with Crippen molar-refractivity contribution in [2.75, 3.05) is 0 Å². The van der Waals surface area contributed by atoms with Crippen LogP contribution in [0.5, 0.6) is 5.75 Å². The highest BCUT2D eigenvalue weighted by Crippen LogP contribution is 2.13. The molecule has 0 saturated carbocycles. The fourth-order valence-corrected chi connectivity index (χ4v) is 1.57. The zero-order valence-electron chi connectivity index (χ0n) is 8.64. The van der Waals surface area contributed by atoms with E-state index in [1.165, 1.54) is 14.1 Å². The van der Waals surface area contributed by atoms with E-state index in [4.69, 9.17) is 0 Å². The van der Waals surface area contributed by atoms with E-state index in [1.807, 2.05) is 0 Å². The molecule has 7 heteroatoms. The Bertz CT molecular complexity index is 750. The minimum atomic E-state index is -0.646. The van der Waals surface area contributed by atoms with Gasteiger partial charge in [-0.15, -0.1) is 0 Å². The van der Waals surface area contributed by atoms with Crippen molar-refractivity contribution in [3.63, 3.8) is 0 Å². The van der Waals surface area contributed by atoms with E-state index < -0.39 is 22.6 Å². The van der Waals surface area contributed by atoms with E-state index in [-0.39, 0.29) is 11.0 Å². The van der Waals surface area contributed by atoms with Gasteiger partial charge < -0.3 is 10.1 Å². The van der Waals surface area contributed by atoms with Crippen LogP contribution in [0, 0.1) is 0 Å². The summed E-state index contributed by atoms with van der Waals surface area (Å²) >= 11 is 0. The molecule has 0 aromatic carbocycles. The molecule has 0 spiro atoms. The van der Waals surface area contributed by atoms with Gasteiger partial charge in [0.25, 0.3) is 11.1 Å². The highest BCUT2D eigenvalue weighted by Gasteiger charge is 2.12. The lowest BCUT2D eigenvalue weighted by Crippen LogP contribution is -2.37. The van der Waals surface area contributed by atoms with Gasteiger partial charge in [0.05, 0.1) is 0 Å². The van der Waals surface area contributed by atoms with Gasteiger partial charge in [0.15, 0.2) is 0 Å². The van der Waals surface area contributed by atoms with Crippen molar-refractivity contribution in [1.29, 1.82) is 0 Å². The molecule has 0 aliphatic rings. The second kappa shape index (κ2) is 3.09. The molecule has 84 valence electrons. The van der Waals surface area contributed by atoms with Crippen LogP contribution in [0.2, 0.25) is 0 Å². The molecule has 2 heterocycles. The predicted octanol–water partition coefficient (Wildman–Crippen LogP) is -1.37. The molecule has 0 unspecified atom stereocenters. The largest absolute Gasteiger partial charge is 0.507 e. The summed E-state index contributed by atoms with van der Waals surface area (Å²) in [6, 6.07) is 0.897. The van der Waals surface area contributed by atoms with Crippen molar-refractivity contribution in [1.82, 2.24) is 14.1 Å². The molecule has 0 aliphatic heterocycles. The fraction of sp³-hybridized carbons (Fsp3) is 0.222. The summed E-state index contributed by atoms with van der Waals surface area (Å²) in [6.07, 6.45) is 0. The van der Waals surface area contributed by atoms with E-state index in [2.05, 4.69) is 4.98 Å². The molecule has 2 N–H and O–H groups in total. The average molecular weight is 223 g/mol. The van der Waals surface area contributed by atoms with Crippen molar-refractivity contribution >= 4 is 11.0 Å². The van der Waals surface area contributed by atoms with Crippen LogP contribution in [0.15, 0.2) is 20.4 Å². The molecular formula is C9H9N3O4. The maximum atomic E-state index is 11.7. The molecule has 16 heavy (non-hydrogen) atoms. The van der Waals surface area contributed by atoms with Crippen molar-refractivity contribution in [2.45, 2.75) is 0 Å². The van der Waals surface area contributed by atoms with Crippen molar-refractivity contribution in [2.24, 2.45) is 14.1 Å². The number of pyridine rings is 1. The minimum absolute atomic E-state index is 0.0121. The smallest absolute Gasteiger partial charge is 0.332 e. The van der Waals surface area contributed by atoms with E-state index in [0.29, 0.717) is 0 Å². The Kier molecular flexibility index (Phi) is 1.97. The molecule has 0 atom stereocenters. The number of rotatable bonds is 0. The zero-order valence-corrected chi connectivity index (χ0v) is 8.64. The molecule has 0 fully saturated rings. The van der Waals surface area contributed by atoms with Crippen LogP contribution in [0.25, 0.3) is 11.0 Å². The molecule has 2 aromatic heterocycles. The molecule has 0 aliphatic carbocycles. The number of aromatic hydroxyl groups is 1. The highest BCUT2D eigenvalue weighted by molar-refractivity contribution is 5.80. The molecular weight excluding hydrogens is 214 g/mol. The Morgan fingerprint density at radius 1 is 1.19 bits per heavy atom.